The third-order valence-corrected chi connectivity index (χ3v) is 5.82. The predicted octanol–water partition coefficient (Wildman–Crippen LogP) is 4.99. The van der Waals surface area contributed by atoms with Crippen LogP contribution < -0.4 is 4.90 Å². The van der Waals surface area contributed by atoms with E-state index in [9.17, 15) is 14.0 Å². The zero-order valence-corrected chi connectivity index (χ0v) is 18.0. The van der Waals surface area contributed by atoms with Crippen molar-refractivity contribution in [1.82, 2.24) is 9.88 Å². The van der Waals surface area contributed by atoms with Gasteiger partial charge in [-0.1, -0.05) is 12.1 Å². The van der Waals surface area contributed by atoms with Crippen LogP contribution >= 0.6 is 0 Å². The van der Waals surface area contributed by atoms with E-state index in [1.165, 1.54) is 17.0 Å². The lowest BCUT2D eigenvalue weighted by Crippen LogP contribution is -2.29. The molecule has 0 N–H and O–H groups in total. The molecule has 3 aromatic rings. The molecule has 0 saturated heterocycles. The summed E-state index contributed by atoms with van der Waals surface area (Å²) < 4.78 is 18.6. The van der Waals surface area contributed by atoms with Crippen LogP contribution in [-0.2, 0) is 11.3 Å². The summed E-state index contributed by atoms with van der Waals surface area (Å²) in [5, 5.41) is 0.789. The molecule has 160 valence electrons. The summed E-state index contributed by atoms with van der Waals surface area (Å²) in [4.78, 5) is 33.8. The molecule has 0 spiro atoms. The van der Waals surface area contributed by atoms with E-state index >= 15 is 0 Å². The van der Waals surface area contributed by atoms with Crippen molar-refractivity contribution >= 4 is 28.6 Å². The van der Waals surface area contributed by atoms with E-state index in [2.05, 4.69) is 4.98 Å². The maximum Gasteiger partial charge on any atom is 0.414 e. The van der Waals surface area contributed by atoms with Crippen LogP contribution in [-0.4, -0.2) is 35.5 Å². The number of anilines is 1. The quantitative estimate of drug-likeness (QED) is 0.595. The van der Waals surface area contributed by atoms with Crippen molar-refractivity contribution in [2.75, 3.05) is 18.6 Å². The molecular weight excluding hydrogens is 397 g/mol. The van der Waals surface area contributed by atoms with E-state index in [1.807, 2.05) is 26.0 Å². The normalized spacial score (nSPS) is 15.3. The SMILES string of the molecule is CCOC(=O)N(C)c1c2c(c(C)c3ncccc13)C(=O)N(Cc1ccc(F)cc1)C2C. The lowest BCUT2D eigenvalue weighted by molar-refractivity contribution is 0.0722. The van der Waals surface area contributed by atoms with E-state index < -0.39 is 6.09 Å². The lowest BCUT2D eigenvalue weighted by Gasteiger charge is -2.26. The highest BCUT2D eigenvalue weighted by molar-refractivity contribution is 6.12. The van der Waals surface area contributed by atoms with Gasteiger partial charge in [-0.2, -0.15) is 0 Å². The Morgan fingerprint density at radius 2 is 1.97 bits per heavy atom. The summed E-state index contributed by atoms with van der Waals surface area (Å²) in [6.07, 6.45) is 1.19. The highest BCUT2D eigenvalue weighted by Crippen LogP contribution is 2.46. The first-order valence-corrected chi connectivity index (χ1v) is 10.2. The fourth-order valence-corrected chi connectivity index (χ4v) is 4.30. The molecule has 1 aliphatic heterocycles. The second kappa shape index (κ2) is 7.98. The van der Waals surface area contributed by atoms with Gasteiger partial charge in [-0.15, -0.1) is 0 Å². The van der Waals surface area contributed by atoms with Gasteiger partial charge in [-0.05, 0) is 56.2 Å². The molecule has 1 aromatic heterocycles. The molecule has 1 atom stereocenters. The molecule has 4 rings (SSSR count). The number of pyridine rings is 1. The number of aromatic nitrogens is 1. The number of rotatable bonds is 4. The van der Waals surface area contributed by atoms with Crippen LogP contribution in [0.2, 0.25) is 0 Å². The molecule has 31 heavy (non-hydrogen) atoms. The van der Waals surface area contributed by atoms with Gasteiger partial charge < -0.3 is 9.64 Å². The van der Waals surface area contributed by atoms with Crippen LogP contribution in [0, 0.1) is 12.7 Å². The number of fused-ring (bicyclic) bond motifs is 2. The first kappa shape index (κ1) is 20.8. The molecule has 1 unspecified atom stereocenters. The Labute approximate surface area is 180 Å². The van der Waals surface area contributed by atoms with Crippen LogP contribution in [0.15, 0.2) is 42.6 Å². The fraction of sp³-hybridized carbons (Fsp3) is 0.292. The van der Waals surface area contributed by atoms with E-state index in [0.29, 0.717) is 23.3 Å². The molecule has 0 aliphatic carbocycles. The van der Waals surface area contributed by atoms with Crippen molar-refractivity contribution in [3.05, 3.63) is 70.7 Å². The molecule has 6 nitrogen and oxygen atoms in total. The summed E-state index contributed by atoms with van der Waals surface area (Å²) in [6, 6.07) is 9.55. The second-order valence-corrected chi connectivity index (χ2v) is 7.66. The zero-order chi connectivity index (χ0) is 22.3. The van der Waals surface area contributed by atoms with Gasteiger partial charge in [-0.25, -0.2) is 9.18 Å². The molecule has 1 aliphatic rings. The molecular formula is C24H24FN3O3. The zero-order valence-electron chi connectivity index (χ0n) is 18.0. The van der Waals surface area contributed by atoms with E-state index in [1.54, 1.807) is 37.2 Å². The summed E-state index contributed by atoms with van der Waals surface area (Å²) in [5.41, 5.74) is 4.26. The minimum absolute atomic E-state index is 0.129. The highest BCUT2D eigenvalue weighted by Gasteiger charge is 2.40. The number of carbonyl (C=O) groups excluding carboxylic acids is 2. The van der Waals surface area contributed by atoms with Gasteiger partial charge in [0, 0.05) is 30.7 Å². The minimum Gasteiger partial charge on any atom is -0.449 e. The molecule has 7 heteroatoms. The molecule has 2 aromatic carbocycles. The van der Waals surface area contributed by atoms with E-state index in [-0.39, 0.29) is 24.4 Å². The van der Waals surface area contributed by atoms with E-state index in [4.69, 9.17) is 4.74 Å². The third-order valence-electron chi connectivity index (χ3n) is 5.82. The maximum atomic E-state index is 13.5. The summed E-state index contributed by atoms with van der Waals surface area (Å²) >= 11 is 0. The molecule has 0 saturated carbocycles. The first-order chi connectivity index (χ1) is 14.8. The summed E-state index contributed by atoms with van der Waals surface area (Å²) in [5.74, 6) is -0.449. The van der Waals surface area contributed by atoms with Crippen LogP contribution in [0.1, 0.15) is 46.9 Å². The van der Waals surface area contributed by atoms with Crippen molar-refractivity contribution in [2.24, 2.45) is 0 Å². The second-order valence-electron chi connectivity index (χ2n) is 7.66. The smallest absolute Gasteiger partial charge is 0.414 e. The number of nitrogens with zero attached hydrogens (tertiary/aromatic N) is 3. The van der Waals surface area contributed by atoms with Gasteiger partial charge in [0.15, 0.2) is 0 Å². The monoisotopic (exact) mass is 421 g/mol. The Hall–Kier alpha value is -3.48. The Kier molecular flexibility index (Phi) is 5.35. The Bertz CT molecular complexity index is 1180. The van der Waals surface area contributed by atoms with Crippen LogP contribution in [0.3, 0.4) is 0 Å². The first-order valence-electron chi connectivity index (χ1n) is 10.2. The number of carbonyl (C=O) groups is 2. The number of hydrogen-bond acceptors (Lipinski definition) is 4. The average molecular weight is 421 g/mol. The topological polar surface area (TPSA) is 62.7 Å². The molecule has 0 radical (unpaired) electrons. The van der Waals surface area contributed by atoms with Crippen molar-refractivity contribution in [2.45, 2.75) is 33.4 Å². The van der Waals surface area contributed by atoms with Gasteiger partial charge in [-0.3, -0.25) is 14.7 Å². The molecule has 2 amide bonds. The van der Waals surface area contributed by atoms with Crippen molar-refractivity contribution in [3.8, 4) is 0 Å². The van der Waals surface area contributed by atoms with Gasteiger partial charge in [0.2, 0.25) is 0 Å². The van der Waals surface area contributed by atoms with Crippen molar-refractivity contribution in [3.63, 3.8) is 0 Å². The lowest BCUT2D eigenvalue weighted by atomic mass is 9.94. The Balaban J connectivity index is 1.88. The van der Waals surface area contributed by atoms with Gasteiger partial charge in [0.05, 0.1) is 29.4 Å². The Morgan fingerprint density at radius 3 is 2.65 bits per heavy atom. The third kappa shape index (κ3) is 3.40. The average Bonchev–Trinajstić information content (AvgIpc) is 3.00. The Morgan fingerprint density at radius 1 is 1.26 bits per heavy atom. The molecule has 0 bridgehead atoms. The number of amides is 2. The fourth-order valence-electron chi connectivity index (χ4n) is 4.30. The largest absolute Gasteiger partial charge is 0.449 e. The number of halogens is 1. The van der Waals surface area contributed by atoms with Crippen LogP contribution in [0.25, 0.3) is 10.9 Å². The minimum atomic E-state index is -0.490. The number of aryl methyl sites for hydroxylation is 1. The van der Waals surface area contributed by atoms with Crippen LogP contribution in [0.4, 0.5) is 14.9 Å². The van der Waals surface area contributed by atoms with Crippen molar-refractivity contribution in [1.29, 1.82) is 0 Å². The molecule has 2 heterocycles. The summed E-state index contributed by atoms with van der Waals surface area (Å²) in [6.45, 7) is 6.16. The molecule has 0 fully saturated rings. The number of benzene rings is 2. The van der Waals surface area contributed by atoms with Gasteiger partial charge >= 0.3 is 6.09 Å². The predicted molar refractivity (Wildman–Crippen MR) is 117 cm³/mol. The van der Waals surface area contributed by atoms with Gasteiger partial charge in [0.25, 0.3) is 5.91 Å². The maximum absolute atomic E-state index is 13.5. The number of ether oxygens (including phenoxy) is 1. The van der Waals surface area contributed by atoms with Gasteiger partial charge in [0.1, 0.15) is 5.82 Å². The van der Waals surface area contributed by atoms with E-state index in [0.717, 1.165) is 22.1 Å². The standard InChI is InChI=1S/C24H24FN3O3/c1-5-31-24(30)27(4)22-18-7-6-12-26-21(18)14(2)19-20(22)15(3)28(23(19)29)13-16-8-10-17(25)11-9-16/h6-12,15H,5,13H2,1-4H3. The highest BCUT2D eigenvalue weighted by atomic mass is 19.1. The van der Waals surface area contributed by atoms with Crippen molar-refractivity contribution < 1.29 is 18.7 Å². The summed E-state index contributed by atoms with van der Waals surface area (Å²) in [7, 11) is 1.65. The van der Waals surface area contributed by atoms with Crippen LogP contribution in [0.5, 0.6) is 0 Å². The number of hydrogen-bond donors (Lipinski definition) is 0.